The molecule has 152 valence electrons. The van der Waals surface area contributed by atoms with Gasteiger partial charge < -0.3 is 4.74 Å². The first-order chi connectivity index (χ1) is 14.0. The van der Waals surface area contributed by atoms with Gasteiger partial charge in [0.05, 0.1) is 7.11 Å². The van der Waals surface area contributed by atoms with Crippen LogP contribution in [0.5, 0.6) is 5.75 Å². The highest BCUT2D eigenvalue weighted by molar-refractivity contribution is 5.89. The second kappa shape index (κ2) is 8.10. The first-order valence-corrected chi connectivity index (χ1v) is 10.3. The summed E-state index contributed by atoms with van der Waals surface area (Å²) in [6.07, 6.45) is 6.09. The Kier molecular flexibility index (Phi) is 5.53. The molecule has 1 aliphatic rings. The Morgan fingerprint density at radius 3 is 2.21 bits per heavy atom. The predicted octanol–water partition coefficient (Wildman–Crippen LogP) is 7.62. The Labute approximate surface area is 169 Å². The minimum Gasteiger partial charge on any atom is -0.491 e. The number of fused-ring (bicyclic) bond motifs is 1. The fourth-order valence-corrected chi connectivity index (χ4v) is 4.60. The van der Waals surface area contributed by atoms with E-state index in [-0.39, 0.29) is 11.1 Å². The molecule has 0 heterocycles. The van der Waals surface area contributed by atoms with Crippen LogP contribution in [-0.4, -0.2) is 7.11 Å². The van der Waals surface area contributed by atoms with Crippen molar-refractivity contribution in [3.63, 3.8) is 0 Å². The lowest BCUT2D eigenvalue weighted by atomic mass is 9.77. The van der Waals surface area contributed by atoms with E-state index in [9.17, 15) is 8.78 Å². The zero-order valence-corrected chi connectivity index (χ0v) is 16.8. The minimum absolute atomic E-state index is 0.155. The van der Waals surface area contributed by atoms with E-state index >= 15 is 4.39 Å². The Balaban J connectivity index is 1.68. The Hall–Kier alpha value is -2.49. The molecule has 1 fully saturated rings. The van der Waals surface area contributed by atoms with Crippen LogP contribution in [0.1, 0.15) is 50.5 Å². The van der Waals surface area contributed by atoms with Gasteiger partial charge in [-0.15, -0.1) is 0 Å². The van der Waals surface area contributed by atoms with Crippen LogP contribution in [0.2, 0.25) is 0 Å². The summed E-state index contributed by atoms with van der Waals surface area (Å²) in [5, 5.41) is 1.28. The molecule has 1 saturated carbocycles. The summed E-state index contributed by atoms with van der Waals surface area (Å²) in [5.74, 6) is -1.27. The molecule has 0 unspecified atom stereocenters. The maximum absolute atomic E-state index is 15.2. The summed E-state index contributed by atoms with van der Waals surface area (Å²) in [6.45, 7) is 2.25. The van der Waals surface area contributed by atoms with Crippen molar-refractivity contribution in [3.05, 3.63) is 65.5 Å². The smallest absolute Gasteiger partial charge is 0.190 e. The van der Waals surface area contributed by atoms with Gasteiger partial charge >= 0.3 is 0 Å². The standard InChI is InChI=1S/C25H25F3O/c1-3-15-4-6-16(7-5-15)17-8-10-20-18(12-17)9-11-21(24(20)28)19-13-22(26)25(29-2)23(27)14-19/h8-16H,3-7H2,1-2H3/t15-,16-. The van der Waals surface area contributed by atoms with Gasteiger partial charge in [-0.2, -0.15) is 0 Å². The topological polar surface area (TPSA) is 9.23 Å². The third kappa shape index (κ3) is 3.73. The van der Waals surface area contributed by atoms with E-state index in [4.69, 9.17) is 4.74 Å². The molecule has 1 nitrogen and oxygen atoms in total. The summed E-state index contributed by atoms with van der Waals surface area (Å²) >= 11 is 0. The first kappa shape index (κ1) is 19.8. The molecule has 0 amide bonds. The number of methoxy groups -OCH3 is 1. The van der Waals surface area contributed by atoms with Gasteiger partial charge in [-0.05, 0) is 66.2 Å². The van der Waals surface area contributed by atoms with Crippen molar-refractivity contribution >= 4 is 10.8 Å². The van der Waals surface area contributed by atoms with E-state index in [1.807, 2.05) is 12.1 Å². The molecular formula is C25H25F3O. The van der Waals surface area contributed by atoms with Gasteiger partial charge in [-0.1, -0.05) is 43.7 Å². The fourth-order valence-electron chi connectivity index (χ4n) is 4.60. The van der Waals surface area contributed by atoms with Crippen molar-refractivity contribution in [2.24, 2.45) is 5.92 Å². The van der Waals surface area contributed by atoms with Gasteiger partial charge in [0.2, 0.25) is 0 Å². The molecule has 0 aromatic heterocycles. The lowest BCUT2D eigenvalue weighted by Crippen LogP contribution is -2.12. The maximum atomic E-state index is 15.2. The SMILES string of the molecule is CC[C@H]1CC[C@H](c2ccc3c(F)c(-c4cc(F)c(OC)c(F)c4)ccc3c2)CC1. The number of hydrogen-bond donors (Lipinski definition) is 0. The van der Waals surface area contributed by atoms with E-state index < -0.39 is 23.2 Å². The van der Waals surface area contributed by atoms with Crippen LogP contribution in [0.15, 0.2) is 42.5 Å². The summed E-state index contributed by atoms with van der Waals surface area (Å²) in [4.78, 5) is 0. The van der Waals surface area contributed by atoms with E-state index in [0.717, 1.165) is 23.4 Å². The molecule has 1 aliphatic carbocycles. The number of ether oxygens (including phenoxy) is 1. The minimum atomic E-state index is -0.847. The molecule has 29 heavy (non-hydrogen) atoms. The monoisotopic (exact) mass is 398 g/mol. The summed E-state index contributed by atoms with van der Waals surface area (Å²) < 4.78 is 48.0. The lowest BCUT2D eigenvalue weighted by Gasteiger charge is -2.28. The summed E-state index contributed by atoms with van der Waals surface area (Å²) in [7, 11) is 1.20. The van der Waals surface area contributed by atoms with Crippen molar-refractivity contribution in [1.29, 1.82) is 0 Å². The second-order valence-corrected chi connectivity index (χ2v) is 8.01. The van der Waals surface area contributed by atoms with Crippen LogP contribution < -0.4 is 4.74 Å². The van der Waals surface area contributed by atoms with Crippen LogP contribution in [-0.2, 0) is 0 Å². The molecular weight excluding hydrogens is 373 g/mol. The van der Waals surface area contributed by atoms with Gasteiger partial charge in [0.15, 0.2) is 17.4 Å². The molecule has 3 aromatic rings. The highest BCUT2D eigenvalue weighted by atomic mass is 19.1. The highest BCUT2D eigenvalue weighted by Gasteiger charge is 2.22. The van der Waals surface area contributed by atoms with E-state index in [0.29, 0.717) is 11.3 Å². The average Bonchev–Trinajstić information content (AvgIpc) is 2.73. The zero-order chi connectivity index (χ0) is 20.5. The molecule has 0 saturated heterocycles. The van der Waals surface area contributed by atoms with Crippen LogP contribution in [0.25, 0.3) is 21.9 Å². The largest absolute Gasteiger partial charge is 0.491 e. The summed E-state index contributed by atoms with van der Waals surface area (Å²) in [5.41, 5.74) is 1.58. The van der Waals surface area contributed by atoms with E-state index in [1.165, 1.54) is 44.8 Å². The first-order valence-electron chi connectivity index (χ1n) is 10.3. The zero-order valence-electron chi connectivity index (χ0n) is 16.8. The molecule has 4 heteroatoms. The molecule has 0 atom stereocenters. The number of rotatable bonds is 4. The molecule has 4 rings (SSSR count). The Morgan fingerprint density at radius 2 is 1.59 bits per heavy atom. The Bertz CT molecular complexity index is 1010. The van der Waals surface area contributed by atoms with Gasteiger partial charge in [-0.3, -0.25) is 0 Å². The van der Waals surface area contributed by atoms with E-state index in [1.54, 1.807) is 12.1 Å². The molecule has 0 aliphatic heterocycles. The molecule has 3 aromatic carbocycles. The van der Waals surface area contributed by atoms with Crippen LogP contribution in [0.3, 0.4) is 0 Å². The predicted molar refractivity (Wildman–Crippen MR) is 111 cm³/mol. The second-order valence-electron chi connectivity index (χ2n) is 8.01. The van der Waals surface area contributed by atoms with Gasteiger partial charge in [0.1, 0.15) is 5.82 Å². The van der Waals surface area contributed by atoms with Crippen molar-refractivity contribution in [3.8, 4) is 16.9 Å². The van der Waals surface area contributed by atoms with Crippen molar-refractivity contribution in [2.45, 2.75) is 44.9 Å². The van der Waals surface area contributed by atoms with Crippen molar-refractivity contribution in [1.82, 2.24) is 0 Å². The number of halogens is 3. The highest BCUT2D eigenvalue weighted by Crippen LogP contribution is 2.39. The molecule has 0 N–H and O–H groups in total. The van der Waals surface area contributed by atoms with Crippen molar-refractivity contribution in [2.75, 3.05) is 7.11 Å². The van der Waals surface area contributed by atoms with Crippen LogP contribution in [0, 0.1) is 23.4 Å². The maximum Gasteiger partial charge on any atom is 0.190 e. The molecule has 0 radical (unpaired) electrons. The third-order valence-corrected chi connectivity index (χ3v) is 6.39. The Morgan fingerprint density at radius 1 is 0.897 bits per heavy atom. The molecule has 0 bridgehead atoms. The van der Waals surface area contributed by atoms with Crippen molar-refractivity contribution < 1.29 is 17.9 Å². The van der Waals surface area contributed by atoms with E-state index in [2.05, 4.69) is 13.0 Å². The normalized spacial score (nSPS) is 19.5. The third-order valence-electron chi connectivity index (χ3n) is 6.39. The van der Waals surface area contributed by atoms with Gasteiger partial charge in [0, 0.05) is 10.9 Å². The number of hydrogen-bond acceptors (Lipinski definition) is 1. The van der Waals surface area contributed by atoms with Crippen LogP contribution >= 0.6 is 0 Å². The molecule has 0 spiro atoms. The lowest BCUT2D eigenvalue weighted by molar-refractivity contribution is 0.319. The van der Waals surface area contributed by atoms with Crippen LogP contribution in [0.4, 0.5) is 13.2 Å². The van der Waals surface area contributed by atoms with Gasteiger partial charge in [0.25, 0.3) is 0 Å². The average molecular weight is 398 g/mol. The quantitative estimate of drug-likeness (QED) is 0.439. The number of benzene rings is 3. The fraction of sp³-hybridized carbons (Fsp3) is 0.360. The summed E-state index contributed by atoms with van der Waals surface area (Å²) in [6, 6.07) is 11.5. The van der Waals surface area contributed by atoms with Gasteiger partial charge in [-0.25, -0.2) is 13.2 Å².